The largest absolute Gasteiger partial charge is 0.493 e. The van der Waals surface area contributed by atoms with Crippen LogP contribution in [0.15, 0.2) is 42.5 Å². The molecule has 0 bridgehead atoms. The molecule has 2 N–H and O–H groups in total. The predicted molar refractivity (Wildman–Crippen MR) is 119 cm³/mol. The molecule has 156 valence electrons. The molecular weight excluding hydrogens is 398 g/mol. The van der Waals surface area contributed by atoms with E-state index in [1.165, 1.54) is 5.56 Å². The van der Waals surface area contributed by atoms with Crippen molar-refractivity contribution < 1.29 is 14.3 Å². The zero-order valence-electron chi connectivity index (χ0n) is 17.5. The number of ether oxygens (including phenoxy) is 2. The monoisotopic (exact) mass is 423 g/mol. The van der Waals surface area contributed by atoms with Gasteiger partial charge in [0.1, 0.15) is 6.61 Å². The average molecular weight is 424 g/mol. The summed E-state index contributed by atoms with van der Waals surface area (Å²) < 4.78 is 11.7. The highest BCUT2D eigenvalue weighted by Crippen LogP contribution is 2.46. The summed E-state index contributed by atoms with van der Waals surface area (Å²) in [5.41, 5.74) is 5.28. The molecule has 1 aliphatic heterocycles. The highest BCUT2D eigenvalue weighted by Gasteiger charge is 2.32. The van der Waals surface area contributed by atoms with Gasteiger partial charge < -0.3 is 14.8 Å². The number of carbonyl (C=O) groups excluding carboxylic acids is 1. The van der Waals surface area contributed by atoms with Crippen molar-refractivity contribution in [3.05, 3.63) is 70.4 Å². The van der Waals surface area contributed by atoms with E-state index in [1.807, 2.05) is 44.2 Å². The number of aryl methyl sites for hydroxylation is 2. The van der Waals surface area contributed by atoms with Crippen molar-refractivity contribution in [1.82, 2.24) is 10.2 Å². The number of hydrogen-bond donors (Lipinski definition) is 2. The van der Waals surface area contributed by atoms with Gasteiger partial charge in [-0.1, -0.05) is 35.9 Å². The van der Waals surface area contributed by atoms with Gasteiger partial charge in [0.25, 0.3) is 0 Å². The van der Waals surface area contributed by atoms with E-state index < -0.39 is 0 Å². The normalized spacial score (nSPS) is 18.3. The Hall–Kier alpha value is -2.93. The molecule has 2 atom stereocenters. The molecular formula is C23H25N3O3S. The summed E-state index contributed by atoms with van der Waals surface area (Å²) in [4.78, 5) is 12.4. The molecule has 0 spiro atoms. The molecule has 4 rings (SSSR count). The zero-order chi connectivity index (χ0) is 21.3. The summed E-state index contributed by atoms with van der Waals surface area (Å²) in [5, 5.41) is 9.94. The van der Waals surface area contributed by atoms with Gasteiger partial charge >= 0.3 is 0 Å². The Morgan fingerprint density at radius 1 is 1.13 bits per heavy atom. The minimum atomic E-state index is -0.202. The van der Waals surface area contributed by atoms with Crippen LogP contribution in [-0.2, 0) is 11.4 Å². The van der Waals surface area contributed by atoms with Gasteiger partial charge in [-0.05, 0) is 44.0 Å². The molecule has 1 aromatic heterocycles. The topological polar surface area (TPSA) is 76.2 Å². The number of methoxy groups -OCH3 is 1. The van der Waals surface area contributed by atoms with Crippen molar-refractivity contribution in [2.75, 3.05) is 12.4 Å². The summed E-state index contributed by atoms with van der Waals surface area (Å²) in [6, 6.07) is 14.2. The van der Waals surface area contributed by atoms with Crippen LogP contribution in [0.5, 0.6) is 11.5 Å². The number of anilines is 1. The van der Waals surface area contributed by atoms with Crippen LogP contribution >= 0.6 is 11.8 Å². The highest BCUT2D eigenvalue weighted by molar-refractivity contribution is 8.01. The summed E-state index contributed by atoms with van der Waals surface area (Å²) in [7, 11) is 1.64. The van der Waals surface area contributed by atoms with E-state index in [1.54, 1.807) is 18.9 Å². The van der Waals surface area contributed by atoms with E-state index in [0.29, 0.717) is 23.9 Å². The number of thioether (sulfide) groups is 1. The third kappa shape index (κ3) is 4.03. The molecule has 1 amide bonds. The van der Waals surface area contributed by atoms with Crippen molar-refractivity contribution in [3.8, 4) is 11.5 Å². The van der Waals surface area contributed by atoms with Crippen LogP contribution in [0, 0.1) is 13.8 Å². The molecule has 3 aromatic rings. The third-order valence-corrected chi connectivity index (χ3v) is 6.58. The van der Waals surface area contributed by atoms with E-state index in [-0.39, 0.29) is 16.4 Å². The molecule has 2 heterocycles. The molecule has 0 saturated carbocycles. The fourth-order valence-corrected chi connectivity index (χ4v) is 4.90. The number of aromatic amines is 1. The number of aromatic nitrogens is 2. The Morgan fingerprint density at radius 3 is 2.73 bits per heavy atom. The number of rotatable bonds is 5. The molecule has 30 heavy (non-hydrogen) atoms. The standard InChI is InChI=1S/C23H25N3O3S/c1-13-6-5-7-16(10-13)12-29-18-9-8-17(11-19(18)28-4)21-20-14(2)25-26-22(20)24-23(27)15(3)30-21/h5-11,15,21H,12H2,1-4H3,(H2,24,25,26,27)/t15-,21+/m0/s1. The van der Waals surface area contributed by atoms with Crippen LogP contribution in [0.25, 0.3) is 0 Å². The minimum Gasteiger partial charge on any atom is -0.493 e. The van der Waals surface area contributed by atoms with Gasteiger partial charge in [-0.2, -0.15) is 5.10 Å². The zero-order valence-corrected chi connectivity index (χ0v) is 18.3. The van der Waals surface area contributed by atoms with Crippen LogP contribution < -0.4 is 14.8 Å². The SMILES string of the molecule is COc1cc([C@H]2S[C@@H](C)C(=O)Nc3n[nH]c(C)c32)ccc1OCc1cccc(C)c1. The Morgan fingerprint density at radius 2 is 1.97 bits per heavy atom. The van der Waals surface area contributed by atoms with Crippen LogP contribution in [0.3, 0.4) is 0 Å². The van der Waals surface area contributed by atoms with Crippen LogP contribution in [0.2, 0.25) is 0 Å². The number of carbonyl (C=O) groups is 1. The third-order valence-electron chi connectivity index (χ3n) is 5.18. The first kappa shape index (κ1) is 20.3. The van der Waals surface area contributed by atoms with E-state index in [9.17, 15) is 4.79 Å². The molecule has 0 aliphatic carbocycles. The van der Waals surface area contributed by atoms with Gasteiger partial charge in [0.05, 0.1) is 17.6 Å². The second-order valence-corrected chi connectivity index (χ2v) is 8.90. The second-order valence-electron chi connectivity index (χ2n) is 7.45. The van der Waals surface area contributed by atoms with Crippen LogP contribution in [0.1, 0.15) is 40.1 Å². The van der Waals surface area contributed by atoms with Gasteiger partial charge in [0.15, 0.2) is 17.3 Å². The molecule has 1 aliphatic rings. The van der Waals surface area contributed by atoms with Gasteiger partial charge in [0.2, 0.25) is 5.91 Å². The number of benzene rings is 2. The molecule has 0 saturated heterocycles. The van der Waals surface area contributed by atoms with Crippen molar-refractivity contribution in [2.24, 2.45) is 0 Å². The number of fused-ring (bicyclic) bond motifs is 1. The van der Waals surface area contributed by atoms with E-state index in [0.717, 1.165) is 22.4 Å². The number of nitrogens with one attached hydrogen (secondary N) is 2. The molecule has 0 fully saturated rings. The van der Waals surface area contributed by atoms with Crippen molar-refractivity contribution in [2.45, 2.75) is 37.9 Å². The predicted octanol–water partition coefficient (Wildman–Crippen LogP) is 4.78. The van der Waals surface area contributed by atoms with Crippen molar-refractivity contribution in [1.29, 1.82) is 0 Å². The lowest BCUT2D eigenvalue weighted by atomic mass is 10.0. The Balaban J connectivity index is 1.63. The number of H-pyrrole nitrogens is 1. The highest BCUT2D eigenvalue weighted by atomic mass is 32.2. The second kappa shape index (κ2) is 8.44. The number of hydrogen-bond acceptors (Lipinski definition) is 5. The fraction of sp³-hybridized carbons (Fsp3) is 0.304. The van der Waals surface area contributed by atoms with Gasteiger partial charge in [-0.3, -0.25) is 9.89 Å². The lowest BCUT2D eigenvalue weighted by Gasteiger charge is -2.19. The quantitative estimate of drug-likeness (QED) is 0.618. The maximum absolute atomic E-state index is 12.4. The molecule has 0 radical (unpaired) electrons. The fourth-order valence-electron chi connectivity index (χ4n) is 3.58. The molecule has 2 aromatic carbocycles. The average Bonchev–Trinajstić information content (AvgIpc) is 3.03. The molecule has 7 heteroatoms. The molecule has 0 unspecified atom stereocenters. The summed E-state index contributed by atoms with van der Waals surface area (Å²) in [5.74, 6) is 1.91. The van der Waals surface area contributed by atoms with Gasteiger partial charge in [-0.15, -0.1) is 11.8 Å². The van der Waals surface area contributed by atoms with Crippen molar-refractivity contribution >= 4 is 23.5 Å². The summed E-state index contributed by atoms with van der Waals surface area (Å²) in [6.45, 7) is 6.42. The first-order valence-corrected chi connectivity index (χ1v) is 10.8. The van der Waals surface area contributed by atoms with E-state index in [2.05, 4.69) is 34.6 Å². The number of amides is 1. The first-order chi connectivity index (χ1) is 14.5. The van der Waals surface area contributed by atoms with E-state index in [4.69, 9.17) is 9.47 Å². The van der Waals surface area contributed by atoms with Crippen molar-refractivity contribution in [3.63, 3.8) is 0 Å². The summed E-state index contributed by atoms with van der Waals surface area (Å²) >= 11 is 1.60. The van der Waals surface area contributed by atoms with Gasteiger partial charge in [-0.25, -0.2) is 0 Å². The Kier molecular flexibility index (Phi) is 5.72. The van der Waals surface area contributed by atoms with E-state index >= 15 is 0 Å². The minimum absolute atomic E-state index is 0.0414. The smallest absolute Gasteiger partial charge is 0.238 e. The van der Waals surface area contributed by atoms with Crippen LogP contribution in [0.4, 0.5) is 5.82 Å². The van der Waals surface area contributed by atoms with Crippen LogP contribution in [-0.4, -0.2) is 28.5 Å². The Labute approximate surface area is 180 Å². The van der Waals surface area contributed by atoms with Gasteiger partial charge in [0, 0.05) is 11.3 Å². The number of nitrogens with zero attached hydrogens (tertiary/aromatic N) is 1. The lowest BCUT2D eigenvalue weighted by Crippen LogP contribution is -2.21. The first-order valence-electron chi connectivity index (χ1n) is 9.83. The maximum atomic E-state index is 12.4. The Bertz CT molecular complexity index is 1080. The molecule has 6 nitrogen and oxygen atoms in total. The summed E-state index contributed by atoms with van der Waals surface area (Å²) in [6.07, 6.45) is 0. The lowest BCUT2D eigenvalue weighted by molar-refractivity contribution is -0.115. The maximum Gasteiger partial charge on any atom is 0.238 e.